The molecule has 1 N–H and O–H groups in total. The van der Waals surface area contributed by atoms with Crippen molar-refractivity contribution in [2.75, 3.05) is 12.4 Å². The van der Waals surface area contributed by atoms with Crippen LogP contribution in [0.4, 0.5) is 18.9 Å². The number of fused-ring (bicyclic) bond motifs is 1. The van der Waals surface area contributed by atoms with E-state index < -0.39 is 23.3 Å². The van der Waals surface area contributed by atoms with Crippen molar-refractivity contribution < 1.29 is 22.7 Å². The van der Waals surface area contributed by atoms with E-state index in [-0.39, 0.29) is 5.69 Å². The first-order chi connectivity index (χ1) is 14.8. The van der Waals surface area contributed by atoms with Gasteiger partial charge in [-0.15, -0.1) is 0 Å². The number of hydrogen-bond donors (Lipinski definition) is 1. The summed E-state index contributed by atoms with van der Waals surface area (Å²) in [7, 11) is 1.42. The zero-order valence-corrected chi connectivity index (χ0v) is 17.1. The molecule has 2 aromatic heterocycles. The second-order valence-corrected chi connectivity index (χ2v) is 7.87. The van der Waals surface area contributed by atoms with Crippen molar-refractivity contribution in [3.05, 3.63) is 42.1 Å². The fraction of sp³-hybridized carbons (Fsp3) is 0.429. The second kappa shape index (κ2) is 8.16. The first-order valence-corrected chi connectivity index (χ1v) is 10.0. The fourth-order valence-electron chi connectivity index (χ4n) is 3.94. The van der Waals surface area contributed by atoms with Gasteiger partial charge in [0.1, 0.15) is 12.1 Å². The summed E-state index contributed by atoms with van der Waals surface area (Å²) in [4.78, 5) is 19.4. The Hall–Kier alpha value is -3.17. The van der Waals surface area contributed by atoms with Gasteiger partial charge in [-0.1, -0.05) is 6.92 Å². The average molecular weight is 433 g/mol. The second-order valence-electron chi connectivity index (χ2n) is 7.87. The summed E-state index contributed by atoms with van der Waals surface area (Å²) in [5.41, 5.74) is -1.02. The maximum atomic E-state index is 13.2. The van der Waals surface area contributed by atoms with Gasteiger partial charge < -0.3 is 10.1 Å². The lowest BCUT2D eigenvalue weighted by molar-refractivity contribution is -0.141. The standard InChI is InChI=1S/C21H22F3N5O2/c1-12-3-5-14(6-4-12)29-10-13-7-17(18(31-2)8-16(13)28-29)27-20(30)15-9-25-11-26-19(15)21(22,23)24/h7-12,14H,3-6H2,1-2H3,(H,27,30). The lowest BCUT2D eigenvalue weighted by atomic mass is 9.87. The van der Waals surface area contributed by atoms with Crippen molar-refractivity contribution in [1.29, 1.82) is 0 Å². The molecule has 1 saturated carbocycles. The van der Waals surface area contributed by atoms with Crippen LogP contribution in [0.15, 0.2) is 30.9 Å². The summed E-state index contributed by atoms with van der Waals surface area (Å²) in [5, 5.41) is 7.91. The summed E-state index contributed by atoms with van der Waals surface area (Å²) in [6.45, 7) is 2.25. The van der Waals surface area contributed by atoms with Crippen LogP contribution < -0.4 is 10.1 Å². The number of amides is 1. The Labute approximate surface area is 176 Å². The number of halogens is 3. The predicted octanol–water partition coefficient (Wildman–Crippen LogP) is 4.86. The Kier molecular flexibility index (Phi) is 5.55. The van der Waals surface area contributed by atoms with Crippen LogP contribution in [0.1, 0.15) is 54.7 Å². The lowest BCUT2D eigenvalue weighted by Gasteiger charge is -2.26. The van der Waals surface area contributed by atoms with Crippen LogP contribution in [0.5, 0.6) is 5.75 Å². The Bertz CT molecular complexity index is 1100. The number of aromatic nitrogens is 4. The molecule has 0 saturated heterocycles. The summed E-state index contributed by atoms with van der Waals surface area (Å²) in [6.07, 6.45) is 3.11. The molecule has 0 radical (unpaired) electrons. The first-order valence-electron chi connectivity index (χ1n) is 10.0. The number of carbonyl (C=O) groups is 1. The highest BCUT2D eigenvalue weighted by Crippen LogP contribution is 2.35. The highest BCUT2D eigenvalue weighted by Gasteiger charge is 2.37. The minimum absolute atomic E-state index is 0.244. The van der Waals surface area contributed by atoms with Gasteiger partial charge in [-0.3, -0.25) is 9.48 Å². The number of methoxy groups -OCH3 is 1. The van der Waals surface area contributed by atoms with Crippen molar-refractivity contribution in [1.82, 2.24) is 19.7 Å². The molecule has 1 aromatic carbocycles. The third-order valence-electron chi connectivity index (χ3n) is 5.68. The number of ether oxygens (including phenoxy) is 1. The molecule has 3 aromatic rings. The van der Waals surface area contributed by atoms with Crippen molar-refractivity contribution in [3.8, 4) is 5.75 Å². The Morgan fingerprint density at radius 3 is 2.65 bits per heavy atom. The highest BCUT2D eigenvalue weighted by atomic mass is 19.4. The predicted molar refractivity (Wildman–Crippen MR) is 108 cm³/mol. The first kappa shape index (κ1) is 21.1. The zero-order valence-electron chi connectivity index (χ0n) is 17.1. The molecule has 31 heavy (non-hydrogen) atoms. The maximum Gasteiger partial charge on any atom is 0.434 e. The number of nitrogens with zero attached hydrogens (tertiary/aromatic N) is 4. The number of rotatable bonds is 4. The van der Waals surface area contributed by atoms with Crippen LogP contribution in [-0.2, 0) is 6.18 Å². The fourth-order valence-corrected chi connectivity index (χ4v) is 3.94. The van der Waals surface area contributed by atoms with E-state index >= 15 is 0 Å². The van der Waals surface area contributed by atoms with Crippen molar-refractivity contribution in [3.63, 3.8) is 0 Å². The van der Waals surface area contributed by atoms with Gasteiger partial charge in [0.15, 0.2) is 5.69 Å². The van der Waals surface area contributed by atoms with Crippen molar-refractivity contribution in [2.24, 2.45) is 5.92 Å². The molecule has 1 aliphatic carbocycles. The third kappa shape index (κ3) is 4.33. The van der Waals surface area contributed by atoms with E-state index in [1.54, 1.807) is 12.1 Å². The van der Waals surface area contributed by atoms with Crippen LogP contribution in [0.2, 0.25) is 0 Å². The smallest absolute Gasteiger partial charge is 0.434 e. The molecular formula is C21H22F3N5O2. The summed E-state index contributed by atoms with van der Waals surface area (Å²) < 4.78 is 46.9. The lowest BCUT2D eigenvalue weighted by Crippen LogP contribution is -2.20. The molecule has 164 valence electrons. The number of benzene rings is 1. The molecular weight excluding hydrogens is 411 g/mol. The van der Waals surface area contributed by atoms with E-state index in [2.05, 4.69) is 27.3 Å². The maximum absolute atomic E-state index is 13.2. The molecule has 2 heterocycles. The van der Waals surface area contributed by atoms with Gasteiger partial charge in [-0.05, 0) is 37.7 Å². The van der Waals surface area contributed by atoms with E-state index in [1.807, 2.05) is 10.9 Å². The van der Waals surface area contributed by atoms with E-state index in [1.165, 1.54) is 7.11 Å². The minimum atomic E-state index is -4.78. The van der Waals surface area contributed by atoms with Gasteiger partial charge in [-0.2, -0.15) is 18.3 Å². The number of carbonyl (C=O) groups excluding carboxylic acids is 1. The average Bonchev–Trinajstić information content (AvgIpc) is 3.15. The molecule has 0 aliphatic heterocycles. The monoisotopic (exact) mass is 433 g/mol. The molecule has 0 bridgehead atoms. The number of hydrogen-bond acceptors (Lipinski definition) is 5. The van der Waals surface area contributed by atoms with Crippen LogP contribution in [0.25, 0.3) is 10.9 Å². The van der Waals surface area contributed by atoms with Gasteiger partial charge in [0, 0.05) is 23.8 Å². The van der Waals surface area contributed by atoms with Gasteiger partial charge >= 0.3 is 6.18 Å². The zero-order chi connectivity index (χ0) is 22.2. The molecule has 10 heteroatoms. The van der Waals surface area contributed by atoms with Gasteiger partial charge in [-0.25, -0.2) is 9.97 Å². The molecule has 4 rings (SSSR count). The Morgan fingerprint density at radius 2 is 1.97 bits per heavy atom. The molecule has 7 nitrogen and oxygen atoms in total. The van der Waals surface area contributed by atoms with Crippen LogP contribution in [0.3, 0.4) is 0 Å². The van der Waals surface area contributed by atoms with Crippen molar-refractivity contribution >= 4 is 22.5 Å². The normalized spacial score (nSPS) is 19.4. The third-order valence-corrected chi connectivity index (χ3v) is 5.68. The van der Waals surface area contributed by atoms with Crippen LogP contribution in [0, 0.1) is 5.92 Å². The van der Waals surface area contributed by atoms with Crippen LogP contribution in [-0.4, -0.2) is 32.8 Å². The van der Waals surface area contributed by atoms with E-state index in [9.17, 15) is 18.0 Å². The van der Waals surface area contributed by atoms with Gasteiger partial charge in [0.05, 0.1) is 29.9 Å². The topological polar surface area (TPSA) is 81.9 Å². The van der Waals surface area contributed by atoms with E-state index in [4.69, 9.17) is 4.74 Å². The number of nitrogens with one attached hydrogen (secondary N) is 1. The number of alkyl halides is 3. The van der Waals surface area contributed by atoms with Gasteiger partial charge in [0.2, 0.25) is 0 Å². The highest BCUT2D eigenvalue weighted by molar-refractivity contribution is 6.06. The minimum Gasteiger partial charge on any atom is -0.494 e. The summed E-state index contributed by atoms with van der Waals surface area (Å²) in [5.74, 6) is 0.0414. The molecule has 1 aliphatic rings. The van der Waals surface area contributed by atoms with Crippen molar-refractivity contribution in [2.45, 2.75) is 44.8 Å². The van der Waals surface area contributed by atoms with Crippen LogP contribution >= 0.6 is 0 Å². The van der Waals surface area contributed by atoms with E-state index in [0.717, 1.165) is 43.6 Å². The summed E-state index contributed by atoms with van der Waals surface area (Å²) >= 11 is 0. The molecule has 0 spiro atoms. The largest absolute Gasteiger partial charge is 0.494 e. The molecule has 1 fully saturated rings. The van der Waals surface area contributed by atoms with E-state index in [0.29, 0.717) is 23.2 Å². The summed E-state index contributed by atoms with van der Waals surface area (Å²) in [6, 6.07) is 3.63. The Balaban J connectivity index is 1.64. The molecule has 0 unspecified atom stereocenters. The SMILES string of the molecule is COc1cc2nn(C3CCC(C)CC3)cc2cc1NC(=O)c1cncnc1C(F)(F)F. The molecule has 0 atom stereocenters. The Morgan fingerprint density at radius 1 is 1.23 bits per heavy atom. The molecule has 1 amide bonds. The van der Waals surface area contributed by atoms with Gasteiger partial charge in [0.25, 0.3) is 5.91 Å². The number of anilines is 1. The quantitative estimate of drug-likeness (QED) is 0.636.